The van der Waals surface area contributed by atoms with E-state index in [4.69, 9.17) is 4.74 Å². The summed E-state index contributed by atoms with van der Waals surface area (Å²) >= 11 is 2.88. The second kappa shape index (κ2) is 11.2. The second-order valence-corrected chi connectivity index (χ2v) is 13.4. The molecule has 3 aromatic heterocycles. The van der Waals surface area contributed by atoms with Gasteiger partial charge in [-0.2, -0.15) is 13.2 Å². The van der Waals surface area contributed by atoms with Gasteiger partial charge in [0.25, 0.3) is 0 Å². The molecule has 2 N–H and O–H groups in total. The lowest BCUT2D eigenvalue weighted by Crippen LogP contribution is -2.37. The fourth-order valence-corrected chi connectivity index (χ4v) is 7.92. The smallest absolute Gasteiger partial charge is 0.401 e. The fraction of sp³-hybridized carbons (Fsp3) is 0.500. The molecule has 0 bridgehead atoms. The van der Waals surface area contributed by atoms with Crippen LogP contribution in [0.25, 0.3) is 5.00 Å². The van der Waals surface area contributed by atoms with Crippen molar-refractivity contribution in [2.75, 3.05) is 18.4 Å². The number of nitrogens with zero attached hydrogens (tertiary/aromatic N) is 2. The van der Waals surface area contributed by atoms with Crippen molar-refractivity contribution in [1.29, 1.82) is 0 Å². The molecule has 0 spiro atoms. The second-order valence-electron chi connectivity index (χ2n) is 11.2. The van der Waals surface area contributed by atoms with Crippen LogP contribution in [0.1, 0.15) is 70.4 Å². The molecule has 0 fully saturated rings. The number of ether oxygens (including phenoxy) is 1. The number of aryl methyl sites for hydroxylation is 1. The molecule has 0 saturated heterocycles. The van der Waals surface area contributed by atoms with E-state index in [9.17, 15) is 22.8 Å². The summed E-state index contributed by atoms with van der Waals surface area (Å²) in [4.78, 5) is 29.7. The topological polar surface area (TPSA) is 75.6 Å². The summed E-state index contributed by atoms with van der Waals surface area (Å²) in [6, 6.07) is 3.32. The molecule has 0 radical (unpaired) electrons. The highest BCUT2D eigenvalue weighted by molar-refractivity contribution is 7.17. The molecule has 0 unspecified atom stereocenters. The summed E-state index contributed by atoms with van der Waals surface area (Å²) in [6.45, 7) is 5.23. The van der Waals surface area contributed by atoms with Crippen LogP contribution in [0, 0.1) is 0 Å². The van der Waals surface area contributed by atoms with Crippen LogP contribution in [-0.4, -0.2) is 46.3 Å². The molecule has 0 aromatic carbocycles. The molecule has 5 rings (SSSR count). The molecule has 40 heavy (non-hydrogen) atoms. The molecule has 4 heterocycles. The largest absolute Gasteiger partial charge is 0.456 e. The monoisotopic (exact) mass is 594 g/mol. The number of carbonyl (C=O) groups excluding carboxylic acids is 2. The molecule has 7 nitrogen and oxygen atoms in total. The van der Waals surface area contributed by atoms with E-state index in [0.717, 1.165) is 57.1 Å². The number of aromatic nitrogens is 1. The van der Waals surface area contributed by atoms with Gasteiger partial charge in [0.2, 0.25) is 0 Å². The van der Waals surface area contributed by atoms with Crippen molar-refractivity contribution in [2.24, 2.45) is 0 Å². The van der Waals surface area contributed by atoms with E-state index >= 15 is 0 Å². The molecule has 0 saturated carbocycles. The van der Waals surface area contributed by atoms with Crippen molar-refractivity contribution in [2.45, 2.75) is 77.7 Å². The van der Waals surface area contributed by atoms with E-state index in [1.807, 2.05) is 49.9 Å². The predicted molar refractivity (Wildman–Crippen MR) is 151 cm³/mol. The predicted octanol–water partition coefficient (Wildman–Crippen LogP) is 6.68. The molecule has 3 aromatic rings. The summed E-state index contributed by atoms with van der Waals surface area (Å²) in [5.41, 5.74) is 2.63. The Labute approximate surface area is 239 Å². The Balaban J connectivity index is 1.35. The number of fused-ring (bicyclic) bond motifs is 2. The Kier molecular flexibility index (Phi) is 8.04. The summed E-state index contributed by atoms with van der Waals surface area (Å²) in [5.74, 6) is -0.438. The molecule has 0 atom stereocenters. The van der Waals surface area contributed by atoms with E-state index < -0.39 is 30.3 Å². The zero-order chi connectivity index (χ0) is 28.7. The van der Waals surface area contributed by atoms with Crippen LogP contribution >= 0.6 is 22.7 Å². The van der Waals surface area contributed by atoms with Crippen LogP contribution in [0.5, 0.6) is 0 Å². The number of rotatable bonds is 6. The average Bonchev–Trinajstić information content (AvgIpc) is 3.57. The minimum atomic E-state index is -4.25. The van der Waals surface area contributed by atoms with Gasteiger partial charge in [0.15, 0.2) is 0 Å². The third-order valence-electron chi connectivity index (χ3n) is 6.89. The van der Waals surface area contributed by atoms with Gasteiger partial charge in [-0.15, -0.1) is 22.7 Å². The van der Waals surface area contributed by atoms with Gasteiger partial charge >= 0.3 is 18.2 Å². The first kappa shape index (κ1) is 28.7. The van der Waals surface area contributed by atoms with E-state index in [0.29, 0.717) is 23.5 Å². The minimum Gasteiger partial charge on any atom is -0.456 e. The SMILES string of the molecule is CC(C)(C)OC(=O)c1c(NC(=O)NCc2c(-n3cccc3)sc3c2CCN(CC(F)(F)F)C3)sc2c1CCCC2. The van der Waals surface area contributed by atoms with Gasteiger partial charge < -0.3 is 14.6 Å². The number of carbonyl (C=O) groups is 2. The lowest BCUT2D eigenvalue weighted by molar-refractivity contribution is -0.147. The quantitative estimate of drug-likeness (QED) is 0.313. The normalized spacial score (nSPS) is 15.8. The standard InChI is InChI=1S/C28H33F3N4O3S2/c1-27(2,3)38-25(36)22-18-8-4-5-9-20(18)39-23(22)33-26(37)32-14-19-17-10-13-34(16-28(29,30)31)15-21(17)40-24(19)35-11-6-7-12-35/h6-7,11-12H,4-5,8-10,13-16H2,1-3H3,(H2,32,33,37). The maximum atomic E-state index is 13.2. The molecular weight excluding hydrogens is 561 g/mol. The van der Waals surface area contributed by atoms with Gasteiger partial charge in [-0.3, -0.25) is 10.2 Å². The molecular formula is C28H33F3N4O3S2. The summed E-state index contributed by atoms with van der Waals surface area (Å²) in [6.07, 6.45) is 3.66. The van der Waals surface area contributed by atoms with Crippen molar-refractivity contribution in [3.05, 3.63) is 56.5 Å². The molecule has 2 aliphatic rings. The number of thiophene rings is 2. The first-order valence-electron chi connectivity index (χ1n) is 13.4. The lowest BCUT2D eigenvalue weighted by atomic mass is 9.95. The number of hydrogen-bond acceptors (Lipinski definition) is 6. The van der Waals surface area contributed by atoms with Gasteiger partial charge in [0, 0.05) is 47.3 Å². The number of alkyl halides is 3. The van der Waals surface area contributed by atoms with Crippen LogP contribution in [-0.2, 0) is 37.1 Å². The number of amides is 2. The van der Waals surface area contributed by atoms with Gasteiger partial charge in [-0.25, -0.2) is 9.59 Å². The molecule has 2 amide bonds. The van der Waals surface area contributed by atoms with Crippen molar-refractivity contribution in [3.63, 3.8) is 0 Å². The van der Waals surface area contributed by atoms with Crippen molar-refractivity contribution in [1.82, 2.24) is 14.8 Å². The number of nitrogens with one attached hydrogen (secondary N) is 2. The summed E-state index contributed by atoms with van der Waals surface area (Å²) < 4.78 is 46.7. The van der Waals surface area contributed by atoms with Crippen LogP contribution in [0.2, 0.25) is 0 Å². The minimum absolute atomic E-state index is 0.206. The van der Waals surface area contributed by atoms with Crippen LogP contribution in [0.3, 0.4) is 0 Å². The van der Waals surface area contributed by atoms with E-state index in [-0.39, 0.29) is 13.1 Å². The van der Waals surface area contributed by atoms with Crippen molar-refractivity contribution in [3.8, 4) is 5.00 Å². The third-order valence-corrected chi connectivity index (χ3v) is 9.37. The highest BCUT2D eigenvalue weighted by atomic mass is 32.1. The maximum absolute atomic E-state index is 13.2. The van der Waals surface area contributed by atoms with E-state index in [1.165, 1.54) is 27.6 Å². The molecule has 12 heteroatoms. The Morgan fingerprint density at radius 2 is 1.73 bits per heavy atom. The number of esters is 1. The Morgan fingerprint density at radius 1 is 1.00 bits per heavy atom. The Morgan fingerprint density at radius 3 is 2.42 bits per heavy atom. The summed E-state index contributed by atoms with van der Waals surface area (Å²) in [7, 11) is 0. The summed E-state index contributed by atoms with van der Waals surface area (Å²) in [5, 5.41) is 7.19. The van der Waals surface area contributed by atoms with Crippen LogP contribution in [0.4, 0.5) is 23.0 Å². The fourth-order valence-electron chi connectivity index (χ4n) is 5.27. The van der Waals surface area contributed by atoms with Gasteiger partial charge in [-0.1, -0.05) is 0 Å². The zero-order valence-corrected chi connectivity index (χ0v) is 24.4. The van der Waals surface area contributed by atoms with Gasteiger partial charge in [-0.05, 0) is 76.1 Å². The Bertz CT molecular complexity index is 1390. The number of urea groups is 1. The molecule has 1 aliphatic carbocycles. The van der Waals surface area contributed by atoms with E-state index in [1.54, 1.807) is 0 Å². The zero-order valence-electron chi connectivity index (χ0n) is 22.7. The number of hydrogen-bond donors (Lipinski definition) is 2. The molecule has 1 aliphatic heterocycles. The number of anilines is 1. The van der Waals surface area contributed by atoms with Crippen LogP contribution < -0.4 is 10.6 Å². The average molecular weight is 595 g/mol. The van der Waals surface area contributed by atoms with Gasteiger partial charge in [0.05, 0.1) is 12.1 Å². The molecule has 216 valence electrons. The van der Waals surface area contributed by atoms with Crippen molar-refractivity contribution < 1.29 is 27.5 Å². The first-order valence-corrected chi connectivity index (χ1v) is 15.0. The highest BCUT2D eigenvalue weighted by Crippen LogP contribution is 2.40. The van der Waals surface area contributed by atoms with Crippen molar-refractivity contribution >= 4 is 39.7 Å². The van der Waals surface area contributed by atoms with E-state index in [2.05, 4.69) is 10.6 Å². The van der Waals surface area contributed by atoms with Gasteiger partial charge in [0.1, 0.15) is 15.6 Å². The third kappa shape index (κ3) is 6.55. The first-order chi connectivity index (χ1) is 18.9. The Hall–Kier alpha value is -2.83. The highest BCUT2D eigenvalue weighted by Gasteiger charge is 2.34. The lowest BCUT2D eigenvalue weighted by Gasteiger charge is -2.27. The van der Waals surface area contributed by atoms with Crippen LogP contribution in [0.15, 0.2) is 24.5 Å². The maximum Gasteiger partial charge on any atom is 0.401 e. The number of halogens is 3.